The molecule has 0 spiro atoms. The Kier molecular flexibility index (Phi) is 11.6. The second-order valence-electron chi connectivity index (χ2n) is 9.94. The molecule has 2 amide bonds. The highest BCUT2D eigenvalue weighted by Crippen LogP contribution is 2.27. The van der Waals surface area contributed by atoms with E-state index in [9.17, 15) is 19.2 Å². The highest BCUT2D eigenvalue weighted by molar-refractivity contribution is 9.10. The van der Waals surface area contributed by atoms with Crippen LogP contribution < -0.4 is 10.6 Å². The van der Waals surface area contributed by atoms with Crippen molar-refractivity contribution in [1.82, 2.24) is 0 Å². The second-order valence-corrected chi connectivity index (χ2v) is 10.9. The van der Waals surface area contributed by atoms with Crippen LogP contribution in [-0.2, 0) is 9.47 Å². The van der Waals surface area contributed by atoms with Crippen LogP contribution in [0.5, 0.6) is 0 Å². The molecule has 0 bridgehead atoms. The van der Waals surface area contributed by atoms with E-state index in [2.05, 4.69) is 26.6 Å². The number of ether oxygens (including phenoxy) is 2. The van der Waals surface area contributed by atoms with Gasteiger partial charge in [-0.15, -0.1) is 0 Å². The Balaban J connectivity index is 0.000000216. The van der Waals surface area contributed by atoms with Gasteiger partial charge in [0, 0.05) is 15.6 Å². The van der Waals surface area contributed by atoms with E-state index in [4.69, 9.17) is 9.47 Å². The molecule has 5 aromatic rings. The lowest BCUT2D eigenvalue weighted by Gasteiger charge is -2.12. The van der Waals surface area contributed by atoms with Crippen LogP contribution in [0.4, 0.5) is 11.4 Å². The van der Waals surface area contributed by atoms with Crippen LogP contribution in [0.15, 0.2) is 126 Å². The van der Waals surface area contributed by atoms with Gasteiger partial charge in [0.2, 0.25) is 0 Å². The van der Waals surface area contributed by atoms with E-state index in [1.807, 2.05) is 49.4 Å². The number of anilines is 2. The standard InChI is InChI=1S/C22H19NO3.C15H12BrNO3/c1-15-8-10-16(11-9-15)18-12-13-19(22(25)26-2)20(14-18)23-21(24)17-6-4-3-5-7-17;1-20-15(19)12-8-7-11(16)9-13(12)17-14(18)10-5-3-2-4-6-10/h3-14H,1-2H3,(H,23,24);2-9H,1H3,(H,17,18). The molecule has 0 atom stereocenters. The molecule has 8 nitrogen and oxygen atoms in total. The van der Waals surface area contributed by atoms with Crippen LogP contribution in [0.1, 0.15) is 47.0 Å². The van der Waals surface area contributed by atoms with Crippen LogP contribution >= 0.6 is 15.9 Å². The lowest BCUT2D eigenvalue weighted by Crippen LogP contribution is -2.15. The summed E-state index contributed by atoms with van der Waals surface area (Å²) in [7, 11) is 2.62. The second kappa shape index (κ2) is 16.0. The molecule has 0 unspecified atom stereocenters. The number of carbonyl (C=O) groups is 4. The number of hydrogen-bond acceptors (Lipinski definition) is 6. The molecule has 0 saturated carbocycles. The molecule has 5 rings (SSSR count). The zero-order chi connectivity index (χ0) is 33.1. The van der Waals surface area contributed by atoms with E-state index in [0.717, 1.165) is 21.2 Å². The number of methoxy groups -OCH3 is 2. The van der Waals surface area contributed by atoms with Gasteiger partial charge in [-0.05, 0) is 72.6 Å². The highest BCUT2D eigenvalue weighted by atomic mass is 79.9. The van der Waals surface area contributed by atoms with Crippen LogP contribution in [0.2, 0.25) is 0 Å². The van der Waals surface area contributed by atoms with Crippen molar-refractivity contribution in [3.05, 3.63) is 154 Å². The van der Waals surface area contributed by atoms with E-state index in [0.29, 0.717) is 33.6 Å². The predicted molar refractivity (Wildman–Crippen MR) is 182 cm³/mol. The number of hydrogen-bond donors (Lipinski definition) is 2. The van der Waals surface area contributed by atoms with Crippen molar-refractivity contribution in [3.8, 4) is 11.1 Å². The molecule has 9 heteroatoms. The predicted octanol–water partition coefficient (Wildman–Crippen LogP) is 8.19. The molecule has 232 valence electrons. The van der Waals surface area contributed by atoms with Crippen LogP contribution in [0.25, 0.3) is 11.1 Å². The molecule has 0 radical (unpaired) electrons. The lowest BCUT2D eigenvalue weighted by atomic mass is 10.0. The van der Waals surface area contributed by atoms with Crippen molar-refractivity contribution >= 4 is 51.1 Å². The van der Waals surface area contributed by atoms with Gasteiger partial charge in [-0.1, -0.05) is 88.2 Å². The molecular formula is C37H31BrN2O6. The molecular weight excluding hydrogens is 648 g/mol. The van der Waals surface area contributed by atoms with Crippen molar-refractivity contribution in [1.29, 1.82) is 0 Å². The minimum atomic E-state index is -0.499. The van der Waals surface area contributed by atoms with Gasteiger partial charge in [0.05, 0.1) is 36.7 Å². The maximum absolute atomic E-state index is 12.5. The average Bonchev–Trinajstić information content (AvgIpc) is 3.09. The molecule has 0 aliphatic rings. The Bertz CT molecular complexity index is 1840. The number of rotatable bonds is 7. The molecule has 0 heterocycles. The molecule has 0 aliphatic carbocycles. The van der Waals surface area contributed by atoms with Crippen LogP contribution in [-0.4, -0.2) is 38.0 Å². The molecule has 0 aromatic heterocycles. The Morgan fingerprint density at radius 3 is 1.46 bits per heavy atom. The van der Waals surface area contributed by atoms with Crippen molar-refractivity contribution in [2.45, 2.75) is 6.92 Å². The molecule has 5 aromatic carbocycles. The third-order valence-electron chi connectivity index (χ3n) is 6.77. The van der Waals surface area contributed by atoms with E-state index < -0.39 is 11.9 Å². The van der Waals surface area contributed by atoms with Crippen LogP contribution in [0, 0.1) is 6.92 Å². The third-order valence-corrected chi connectivity index (χ3v) is 7.26. The van der Waals surface area contributed by atoms with Gasteiger partial charge in [0.1, 0.15) is 0 Å². The van der Waals surface area contributed by atoms with Gasteiger partial charge in [-0.25, -0.2) is 9.59 Å². The molecule has 0 fully saturated rings. The van der Waals surface area contributed by atoms with Crippen LogP contribution in [0.3, 0.4) is 0 Å². The number of amides is 2. The summed E-state index contributed by atoms with van der Waals surface area (Å²) in [5.74, 6) is -1.56. The summed E-state index contributed by atoms with van der Waals surface area (Å²) in [5.41, 5.74) is 5.55. The smallest absolute Gasteiger partial charge is 0.339 e. The summed E-state index contributed by atoms with van der Waals surface area (Å²) >= 11 is 3.31. The molecule has 46 heavy (non-hydrogen) atoms. The number of esters is 2. The van der Waals surface area contributed by atoms with E-state index in [1.165, 1.54) is 14.2 Å². The first kappa shape index (κ1) is 33.4. The fourth-order valence-corrected chi connectivity index (χ4v) is 4.70. The topological polar surface area (TPSA) is 111 Å². The summed E-state index contributed by atoms with van der Waals surface area (Å²) in [6, 6.07) is 36.0. The largest absolute Gasteiger partial charge is 0.465 e. The SMILES string of the molecule is COC(=O)c1ccc(-c2ccc(C)cc2)cc1NC(=O)c1ccccc1.COC(=O)c1ccc(Br)cc1NC(=O)c1ccccc1. The number of aryl methyl sites for hydroxylation is 1. The van der Waals surface area contributed by atoms with Gasteiger partial charge in [-0.3, -0.25) is 9.59 Å². The third kappa shape index (κ3) is 8.77. The van der Waals surface area contributed by atoms with Gasteiger partial charge in [-0.2, -0.15) is 0 Å². The minimum Gasteiger partial charge on any atom is -0.465 e. The van der Waals surface area contributed by atoms with Gasteiger partial charge in [0.15, 0.2) is 0 Å². The van der Waals surface area contributed by atoms with Gasteiger partial charge < -0.3 is 20.1 Å². The number of nitrogens with one attached hydrogen (secondary N) is 2. The van der Waals surface area contributed by atoms with E-state index in [-0.39, 0.29) is 11.8 Å². The summed E-state index contributed by atoms with van der Waals surface area (Å²) in [6.07, 6.45) is 0. The monoisotopic (exact) mass is 678 g/mol. The summed E-state index contributed by atoms with van der Waals surface area (Å²) in [4.78, 5) is 48.4. The van der Waals surface area contributed by atoms with Crippen molar-refractivity contribution in [2.24, 2.45) is 0 Å². The Morgan fingerprint density at radius 2 is 0.978 bits per heavy atom. The first-order chi connectivity index (χ1) is 22.2. The maximum atomic E-state index is 12.5. The lowest BCUT2D eigenvalue weighted by molar-refractivity contribution is 0.0592. The van der Waals surface area contributed by atoms with Crippen molar-refractivity contribution in [3.63, 3.8) is 0 Å². The fraction of sp³-hybridized carbons (Fsp3) is 0.0811. The van der Waals surface area contributed by atoms with Crippen molar-refractivity contribution in [2.75, 3.05) is 24.9 Å². The zero-order valence-electron chi connectivity index (χ0n) is 25.4. The molecule has 0 saturated heterocycles. The van der Waals surface area contributed by atoms with E-state index in [1.54, 1.807) is 78.9 Å². The highest BCUT2D eigenvalue weighted by Gasteiger charge is 2.17. The van der Waals surface area contributed by atoms with Gasteiger partial charge >= 0.3 is 11.9 Å². The first-order valence-corrected chi connectivity index (χ1v) is 14.9. The quantitative estimate of drug-likeness (QED) is 0.168. The first-order valence-electron chi connectivity index (χ1n) is 14.1. The average molecular weight is 680 g/mol. The van der Waals surface area contributed by atoms with Gasteiger partial charge in [0.25, 0.3) is 11.8 Å². The van der Waals surface area contributed by atoms with E-state index >= 15 is 0 Å². The van der Waals surface area contributed by atoms with Crippen molar-refractivity contribution < 1.29 is 28.7 Å². The normalized spacial score (nSPS) is 10.1. The number of carbonyl (C=O) groups excluding carboxylic acids is 4. The summed E-state index contributed by atoms with van der Waals surface area (Å²) in [6.45, 7) is 2.02. The number of halogens is 1. The fourth-order valence-electron chi connectivity index (χ4n) is 4.34. The Morgan fingerprint density at radius 1 is 0.543 bits per heavy atom. The summed E-state index contributed by atoms with van der Waals surface area (Å²) in [5, 5.41) is 5.54. The maximum Gasteiger partial charge on any atom is 0.339 e. The molecule has 2 N–H and O–H groups in total. The summed E-state index contributed by atoms with van der Waals surface area (Å²) < 4.78 is 10.3. The Hall–Kier alpha value is -5.54. The minimum absolute atomic E-state index is 0.281. The zero-order valence-corrected chi connectivity index (χ0v) is 27.0. The Labute approximate surface area is 275 Å². The number of benzene rings is 5. The molecule has 0 aliphatic heterocycles.